The average molecular weight is 194 g/mol. The van der Waals surface area contributed by atoms with Crippen molar-refractivity contribution in [2.45, 2.75) is 26.3 Å². The van der Waals surface area contributed by atoms with Crippen LogP contribution in [0.5, 0.6) is 0 Å². The highest BCUT2D eigenvalue weighted by Gasteiger charge is 2.00. The lowest BCUT2D eigenvalue weighted by Crippen LogP contribution is -2.31. The Morgan fingerprint density at radius 2 is 2.29 bits per heavy atom. The maximum atomic E-state index is 8.57. The average Bonchev–Trinajstić information content (AvgIpc) is 2.16. The van der Waals surface area contributed by atoms with Crippen LogP contribution in [0.15, 0.2) is 24.3 Å². The molecule has 0 heterocycles. The highest BCUT2D eigenvalue weighted by atomic mass is 15.1. The number of rotatable bonds is 6. The molecule has 78 valence electrons. The molecule has 0 radical (unpaired) electrons. The number of nitrogens with zero attached hydrogens (tertiary/aromatic N) is 1. The highest BCUT2D eigenvalue weighted by molar-refractivity contribution is 5.08. The first kappa shape index (κ1) is 12.4. The second-order valence-corrected chi connectivity index (χ2v) is 2.91. The van der Waals surface area contributed by atoms with Gasteiger partial charge in [-0.15, -0.1) is 0 Å². The van der Waals surface area contributed by atoms with Gasteiger partial charge < -0.3 is 16.0 Å². The van der Waals surface area contributed by atoms with Gasteiger partial charge in [0, 0.05) is 18.9 Å². The predicted octanol–water partition coefficient (Wildman–Crippen LogP) is 1.02. The third-order valence-corrected chi connectivity index (χ3v) is 1.60. The number of allylic oxidation sites excluding steroid dienone is 1. The predicted molar refractivity (Wildman–Crippen MR) is 57.9 cm³/mol. The summed E-state index contributed by atoms with van der Waals surface area (Å²) >= 11 is 0. The summed E-state index contributed by atoms with van der Waals surface area (Å²) in [6, 6.07) is 1.84. The summed E-state index contributed by atoms with van der Waals surface area (Å²) in [5, 5.41) is 17.5. The molecule has 0 aliphatic rings. The van der Waals surface area contributed by atoms with E-state index in [2.05, 4.69) is 28.6 Å². The molecule has 0 saturated heterocycles. The van der Waals surface area contributed by atoms with Crippen LogP contribution in [0.2, 0.25) is 0 Å². The van der Waals surface area contributed by atoms with Crippen molar-refractivity contribution in [1.29, 1.82) is 5.26 Å². The molecular formula is C10H18N4. The first-order valence-corrected chi connectivity index (χ1v) is 4.62. The van der Waals surface area contributed by atoms with Crippen molar-refractivity contribution in [2.24, 2.45) is 0 Å². The lowest BCUT2D eigenvalue weighted by Gasteiger charge is -2.15. The van der Waals surface area contributed by atoms with E-state index in [0.717, 1.165) is 12.1 Å². The van der Waals surface area contributed by atoms with Crippen molar-refractivity contribution in [3.05, 3.63) is 24.3 Å². The third-order valence-electron chi connectivity index (χ3n) is 1.60. The molecule has 1 unspecified atom stereocenters. The molecular weight excluding hydrogens is 176 g/mol. The first-order valence-electron chi connectivity index (χ1n) is 4.62. The maximum Gasteiger partial charge on any atom is 0.112 e. The minimum Gasteiger partial charge on any atom is -0.393 e. The van der Waals surface area contributed by atoms with E-state index in [0.29, 0.717) is 5.82 Å². The van der Waals surface area contributed by atoms with Crippen LogP contribution in [-0.4, -0.2) is 13.1 Å². The van der Waals surface area contributed by atoms with E-state index in [1.165, 1.54) is 0 Å². The molecule has 14 heavy (non-hydrogen) atoms. The summed E-state index contributed by atoms with van der Waals surface area (Å²) in [5.41, 5.74) is 1.02. The van der Waals surface area contributed by atoms with Gasteiger partial charge >= 0.3 is 0 Å². The summed E-state index contributed by atoms with van der Waals surface area (Å²) in [7, 11) is 1.84. The number of hydrogen-bond acceptors (Lipinski definition) is 4. The van der Waals surface area contributed by atoms with E-state index < -0.39 is 0 Å². The molecule has 0 rings (SSSR count). The fourth-order valence-corrected chi connectivity index (χ4v) is 0.924. The second kappa shape index (κ2) is 6.84. The Balaban J connectivity index is 4.05. The summed E-state index contributed by atoms with van der Waals surface area (Å²) < 4.78 is 0. The van der Waals surface area contributed by atoms with Gasteiger partial charge in [-0.25, -0.2) is 0 Å². The number of nitriles is 1. The number of hydrogen-bond donors (Lipinski definition) is 3. The van der Waals surface area contributed by atoms with Crippen molar-refractivity contribution < 1.29 is 0 Å². The van der Waals surface area contributed by atoms with Crippen molar-refractivity contribution >= 4 is 0 Å². The van der Waals surface area contributed by atoms with Gasteiger partial charge in [0.05, 0.1) is 11.9 Å². The van der Waals surface area contributed by atoms with E-state index in [9.17, 15) is 0 Å². The monoisotopic (exact) mass is 194 g/mol. The summed E-state index contributed by atoms with van der Waals surface area (Å²) in [4.78, 5) is 0. The number of nitrogens with one attached hydrogen (secondary N) is 3. The van der Waals surface area contributed by atoms with E-state index in [1.54, 1.807) is 6.92 Å². The van der Waals surface area contributed by atoms with Crippen LogP contribution in [0, 0.1) is 11.3 Å². The van der Waals surface area contributed by atoms with Crippen molar-refractivity contribution in [3.8, 4) is 6.07 Å². The molecule has 1 atom stereocenters. The molecule has 4 nitrogen and oxygen atoms in total. The minimum atomic E-state index is -0.234. The molecule has 0 bridgehead atoms. The lowest BCUT2D eigenvalue weighted by molar-refractivity contribution is 0.680. The normalized spacial score (nSPS) is 12.6. The molecule has 0 aromatic rings. The van der Waals surface area contributed by atoms with Gasteiger partial charge in [-0.1, -0.05) is 13.5 Å². The zero-order valence-corrected chi connectivity index (χ0v) is 9.02. The van der Waals surface area contributed by atoms with Crippen molar-refractivity contribution in [2.75, 3.05) is 7.05 Å². The topological polar surface area (TPSA) is 59.9 Å². The summed E-state index contributed by atoms with van der Waals surface area (Å²) in [6.07, 6.45) is 2.74. The largest absolute Gasteiger partial charge is 0.393 e. The Bertz CT molecular complexity index is 249. The SMILES string of the molecule is C=C(N/C(=C/NC)CC)NC(C)C#N. The molecule has 0 aliphatic heterocycles. The standard InChI is InChI=1S/C10H18N4/c1-5-10(7-12-4)14-9(3)13-8(2)6-11/h7-8,12-14H,3,5H2,1-2,4H3/b10-7+. The van der Waals surface area contributed by atoms with Crippen LogP contribution in [0.4, 0.5) is 0 Å². The van der Waals surface area contributed by atoms with Crippen LogP contribution in [0.3, 0.4) is 0 Å². The van der Waals surface area contributed by atoms with Crippen molar-refractivity contribution in [3.63, 3.8) is 0 Å². The van der Waals surface area contributed by atoms with E-state index >= 15 is 0 Å². The fraction of sp³-hybridized carbons (Fsp3) is 0.500. The van der Waals surface area contributed by atoms with Gasteiger partial charge in [0.15, 0.2) is 0 Å². The molecule has 0 spiro atoms. The highest BCUT2D eigenvalue weighted by Crippen LogP contribution is 1.96. The Labute approximate surface area is 85.7 Å². The van der Waals surface area contributed by atoms with Gasteiger partial charge in [-0.05, 0) is 13.3 Å². The van der Waals surface area contributed by atoms with E-state index in [-0.39, 0.29) is 6.04 Å². The molecule has 0 aromatic heterocycles. The lowest BCUT2D eigenvalue weighted by atomic mass is 10.3. The van der Waals surface area contributed by atoms with Crippen LogP contribution in [0.1, 0.15) is 20.3 Å². The van der Waals surface area contributed by atoms with Crippen molar-refractivity contribution in [1.82, 2.24) is 16.0 Å². The van der Waals surface area contributed by atoms with E-state index in [4.69, 9.17) is 5.26 Å². The quantitative estimate of drug-likeness (QED) is 0.591. The molecule has 4 heteroatoms. The van der Waals surface area contributed by atoms with Gasteiger partial charge in [-0.2, -0.15) is 5.26 Å². The van der Waals surface area contributed by atoms with Gasteiger partial charge in [0.2, 0.25) is 0 Å². The molecule has 0 amide bonds. The minimum absolute atomic E-state index is 0.234. The smallest absolute Gasteiger partial charge is 0.112 e. The van der Waals surface area contributed by atoms with E-state index in [1.807, 2.05) is 20.2 Å². The Morgan fingerprint density at radius 1 is 1.64 bits per heavy atom. The van der Waals surface area contributed by atoms with Gasteiger partial charge in [-0.3, -0.25) is 0 Å². The zero-order chi connectivity index (χ0) is 11.0. The maximum absolute atomic E-state index is 8.57. The summed E-state index contributed by atoms with van der Waals surface area (Å²) in [5.74, 6) is 0.641. The third kappa shape index (κ3) is 5.09. The fourth-order valence-electron chi connectivity index (χ4n) is 0.924. The van der Waals surface area contributed by atoms with Gasteiger partial charge in [0.25, 0.3) is 0 Å². The Kier molecular flexibility index (Phi) is 6.04. The second-order valence-electron chi connectivity index (χ2n) is 2.91. The van der Waals surface area contributed by atoms with Crippen LogP contribution in [0.25, 0.3) is 0 Å². The molecule has 0 fully saturated rings. The molecule has 0 saturated carbocycles. The molecule has 0 aliphatic carbocycles. The Hall–Kier alpha value is -1.63. The van der Waals surface area contributed by atoms with Crippen LogP contribution >= 0.6 is 0 Å². The zero-order valence-electron chi connectivity index (χ0n) is 9.02. The molecule has 0 aromatic carbocycles. The Morgan fingerprint density at radius 3 is 2.71 bits per heavy atom. The summed E-state index contributed by atoms with van der Waals surface area (Å²) in [6.45, 7) is 7.59. The molecule has 3 N–H and O–H groups in total. The van der Waals surface area contributed by atoms with Gasteiger partial charge in [0.1, 0.15) is 6.04 Å². The van der Waals surface area contributed by atoms with Crippen LogP contribution in [-0.2, 0) is 0 Å². The first-order chi connectivity index (χ1) is 6.63. The van der Waals surface area contributed by atoms with Crippen LogP contribution < -0.4 is 16.0 Å².